The van der Waals surface area contributed by atoms with E-state index < -0.39 is 0 Å². The van der Waals surface area contributed by atoms with Gasteiger partial charge >= 0.3 is 0 Å². The van der Waals surface area contributed by atoms with Gasteiger partial charge in [-0.1, -0.05) is 12.1 Å². The molecular weight excluding hydrogens is 304 g/mol. The zero-order valence-corrected chi connectivity index (χ0v) is 12.1. The molecule has 19 heavy (non-hydrogen) atoms. The molecule has 0 amide bonds. The summed E-state index contributed by atoms with van der Waals surface area (Å²) in [5, 5.41) is 18.9. The van der Waals surface area contributed by atoms with E-state index in [-0.39, 0.29) is 5.75 Å². The number of rotatable bonds is 3. The molecule has 2 rings (SSSR count). The molecule has 2 aromatic carbocycles. The number of hydrogen-bond donors (Lipinski definition) is 1. The zero-order chi connectivity index (χ0) is 13.8. The minimum atomic E-state index is 0.212. The van der Waals surface area contributed by atoms with E-state index in [1.54, 1.807) is 18.2 Å². The Morgan fingerprint density at radius 2 is 2.00 bits per heavy atom. The van der Waals surface area contributed by atoms with Crippen molar-refractivity contribution in [1.29, 1.82) is 5.26 Å². The van der Waals surface area contributed by atoms with Crippen molar-refractivity contribution >= 4 is 27.3 Å². The first kappa shape index (κ1) is 13.4. The first-order chi connectivity index (χ1) is 9.17. The molecule has 3 nitrogen and oxygen atoms in total. The van der Waals surface area contributed by atoms with Gasteiger partial charge in [0.05, 0.1) is 11.3 Å². The fourth-order valence-electron chi connectivity index (χ4n) is 2.00. The summed E-state index contributed by atoms with van der Waals surface area (Å²) in [5.41, 5.74) is 2.27. The average molecular weight is 317 g/mol. The van der Waals surface area contributed by atoms with Gasteiger partial charge < -0.3 is 10.0 Å². The SMILES string of the molecule is CCN(c1cccc(O)c1)c1cccc(Br)c1C#N. The van der Waals surface area contributed by atoms with Gasteiger partial charge in [0.1, 0.15) is 11.8 Å². The third kappa shape index (κ3) is 2.72. The Morgan fingerprint density at radius 1 is 1.26 bits per heavy atom. The van der Waals surface area contributed by atoms with Crippen molar-refractivity contribution in [3.8, 4) is 11.8 Å². The molecule has 0 aromatic heterocycles. The fraction of sp³-hybridized carbons (Fsp3) is 0.133. The van der Waals surface area contributed by atoms with Gasteiger partial charge in [-0.25, -0.2) is 0 Å². The lowest BCUT2D eigenvalue weighted by molar-refractivity contribution is 0.475. The van der Waals surface area contributed by atoms with Crippen molar-refractivity contribution in [3.63, 3.8) is 0 Å². The Bertz CT molecular complexity index is 634. The molecule has 0 aliphatic carbocycles. The first-order valence-electron chi connectivity index (χ1n) is 5.92. The Kier molecular flexibility index (Phi) is 4.08. The van der Waals surface area contributed by atoms with Crippen molar-refractivity contribution in [3.05, 3.63) is 52.5 Å². The molecule has 96 valence electrons. The van der Waals surface area contributed by atoms with Crippen molar-refractivity contribution in [1.82, 2.24) is 0 Å². The lowest BCUT2D eigenvalue weighted by Crippen LogP contribution is -2.17. The molecule has 0 radical (unpaired) electrons. The number of anilines is 2. The normalized spacial score (nSPS) is 9.95. The Morgan fingerprint density at radius 3 is 2.63 bits per heavy atom. The number of nitriles is 1. The third-order valence-corrected chi connectivity index (χ3v) is 3.51. The number of halogens is 1. The molecule has 0 saturated heterocycles. The highest BCUT2D eigenvalue weighted by Gasteiger charge is 2.14. The van der Waals surface area contributed by atoms with Crippen LogP contribution in [0.1, 0.15) is 12.5 Å². The van der Waals surface area contributed by atoms with E-state index in [1.165, 1.54) is 0 Å². The topological polar surface area (TPSA) is 47.3 Å². The van der Waals surface area contributed by atoms with Crippen LogP contribution in [0.3, 0.4) is 0 Å². The highest BCUT2D eigenvalue weighted by molar-refractivity contribution is 9.10. The van der Waals surface area contributed by atoms with Crippen LogP contribution in [-0.2, 0) is 0 Å². The Hall–Kier alpha value is -1.99. The fourth-order valence-corrected chi connectivity index (χ4v) is 2.45. The van der Waals surface area contributed by atoms with Gasteiger partial charge in [-0.2, -0.15) is 5.26 Å². The summed E-state index contributed by atoms with van der Waals surface area (Å²) in [5.74, 6) is 0.212. The van der Waals surface area contributed by atoms with E-state index in [0.717, 1.165) is 15.8 Å². The lowest BCUT2D eigenvalue weighted by Gasteiger charge is -2.24. The summed E-state index contributed by atoms with van der Waals surface area (Å²) in [6.07, 6.45) is 0. The minimum Gasteiger partial charge on any atom is -0.508 e. The second kappa shape index (κ2) is 5.77. The first-order valence-corrected chi connectivity index (χ1v) is 6.72. The summed E-state index contributed by atoms with van der Waals surface area (Å²) < 4.78 is 0.770. The van der Waals surface area contributed by atoms with Gasteiger partial charge in [0, 0.05) is 22.8 Å². The lowest BCUT2D eigenvalue weighted by atomic mass is 10.1. The molecule has 0 saturated carbocycles. The van der Waals surface area contributed by atoms with E-state index in [1.807, 2.05) is 36.1 Å². The van der Waals surface area contributed by atoms with Crippen molar-refractivity contribution in [2.45, 2.75) is 6.92 Å². The molecule has 4 heteroatoms. The number of benzene rings is 2. The summed E-state index contributed by atoms with van der Waals surface area (Å²) in [6.45, 7) is 2.71. The zero-order valence-electron chi connectivity index (χ0n) is 10.5. The highest BCUT2D eigenvalue weighted by Crippen LogP contribution is 2.33. The minimum absolute atomic E-state index is 0.212. The van der Waals surface area contributed by atoms with E-state index in [2.05, 4.69) is 22.0 Å². The number of phenolic OH excluding ortho intramolecular Hbond substituents is 1. The number of hydrogen-bond acceptors (Lipinski definition) is 3. The van der Waals surface area contributed by atoms with Crippen LogP contribution < -0.4 is 4.90 Å². The van der Waals surface area contributed by atoms with Crippen LogP contribution in [0, 0.1) is 11.3 Å². The molecule has 2 aromatic rings. The summed E-state index contributed by atoms with van der Waals surface area (Å²) in [7, 11) is 0. The smallest absolute Gasteiger partial charge is 0.117 e. The van der Waals surface area contributed by atoms with E-state index in [9.17, 15) is 10.4 Å². The molecule has 0 spiro atoms. The van der Waals surface area contributed by atoms with Gasteiger partial charge in [0.25, 0.3) is 0 Å². The second-order valence-electron chi connectivity index (χ2n) is 4.01. The van der Waals surface area contributed by atoms with Gasteiger partial charge in [-0.3, -0.25) is 0 Å². The van der Waals surface area contributed by atoms with Crippen LogP contribution in [0.25, 0.3) is 0 Å². The van der Waals surface area contributed by atoms with Crippen LogP contribution in [0.15, 0.2) is 46.9 Å². The number of nitrogens with zero attached hydrogens (tertiary/aromatic N) is 2. The van der Waals surface area contributed by atoms with Crippen LogP contribution in [0.4, 0.5) is 11.4 Å². The predicted molar refractivity (Wildman–Crippen MR) is 79.6 cm³/mol. The number of phenols is 1. The molecule has 0 unspecified atom stereocenters. The van der Waals surface area contributed by atoms with Crippen molar-refractivity contribution in [2.75, 3.05) is 11.4 Å². The quantitative estimate of drug-likeness (QED) is 0.923. The van der Waals surface area contributed by atoms with Gasteiger partial charge in [0.2, 0.25) is 0 Å². The molecule has 0 atom stereocenters. The van der Waals surface area contributed by atoms with E-state index >= 15 is 0 Å². The summed E-state index contributed by atoms with van der Waals surface area (Å²) in [4.78, 5) is 1.99. The maximum Gasteiger partial charge on any atom is 0.117 e. The molecule has 0 fully saturated rings. The Balaban J connectivity index is 2.55. The van der Waals surface area contributed by atoms with Crippen molar-refractivity contribution in [2.24, 2.45) is 0 Å². The van der Waals surface area contributed by atoms with Crippen molar-refractivity contribution < 1.29 is 5.11 Å². The van der Waals surface area contributed by atoms with Crippen LogP contribution in [-0.4, -0.2) is 11.7 Å². The standard InChI is InChI=1S/C15H13BrN2O/c1-2-18(11-5-3-6-12(19)9-11)15-8-4-7-14(16)13(15)10-17/h3-9,19H,2H2,1H3. The third-order valence-electron chi connectivity index (χ3n) is 2.85. The van der Waals surface area contributed by atoms with Crippen LogP contribution in [0.2, 0.25) is 0 Å². The highest BCUT2D eigenvalue weighted by atomic mass is 79.9. The average Bonchev–Trinajstić information content (AvgIpc) is 2.40. The van der Waals surface area contributed by atoms with Gasteiger partial charge in [-0.05, 0) is 47.1 Å². The van der Waals surface area contributed by atoms with Crippen LogP contribution in [0.5, 0.6) is 5.75 Å². The summed E-state index contributed by atoms with van der Waals surface area (Å²) in [6, 6.07) is 14.9. The molecular formula is C15H13BrN2O. The molecule has 0 aliphatic rings. The molecule has 1 N–H and O–H groups in total. The molecule has 0 aliphatic heterocycles. The van der Waals surface area contributed by atoms with Gasteiger partial charge in [-0.15, -0.1) is 0 Å². The van der Waals surface area contributed by atoms with Crippen LogP contribution >= 0.6 is 15.9 Å². The number of aromatic hydroxyl groups is 1. The Labute approximate surface area is 120 Å². The molecule has 0 bridgehead atoms. The monoisotopic (exact) mass is 316 g/mol. The van der Waals surface area contributed by atoms with E-state index in [4.69, 9.17) is 0 Å². The summed E-state index contributed by atoms with van der Waals surface area (Å²) >= 11 is 3.39. The predicted octanol–water partition coefficient (Wildman–Crippen LogP) is 4.18. The molecule has 0 heterocycles. The maximum atomic E-state index is 9.58. The second-order valence-corrected chi connectivity index (χ2v) is 4.86. The van der Waals surface area contributed by atoms with E-state index in [0.29, 0.717) is 12.1 Å². The largest absolute Gasteiger partial charge is 0.508 e. The van der Waals surface area contributed by atoms with Gasteiger partial charge in [0.15, 0.2) is 0 Å². The maximum absolute atomic E-state index is 9.58.